The van der Waals surface area contributed by atoms with Crippen LogP contribution in [0, 0.1) is 11.8 Å². The molecule has 148 valence electrons. The van der Waals surface area contributed by atoms with Crippen molar-refractivity contribution in [1.29, 1.82) is 0 Å². The third kappa shape index (κ3) is 5.09. The highest BCUT2D eigenvalue weighted by molar-refractivity contribution is 5.76. The zero-order chi connectivity index (χ0) is 18.5. The largest absolute Gasteiger partial charge is 0.378 e. The topological polar surface area (TPSA) is 44.8 Å². The van der Waals surface area contributed by atoms with E-state index in [0.29, 0.717) is 31.6 Å². The minimum Gasteiger partial charge on any atom is -0.378 e. The van der Waals surface area contributed by atoms with Crippen LogP contribution in [0.15, 0.2) is 30.3 Å². The van der Waals surface area contributed by atoms with Crippen molar-refractivity contribution >= 4 is 5.91 Å². The Bertz CT molecular complexity index is 603. The number of benzene rings is 1. The molecule has 0 aromatic heterocycles. The molecule has 2 bridgehead atoms. The maximum absolute atomic E-state index is 12.4. The van der Waals surface area contributed by atoms with Gasteiger partial charge in [0.05, 0.1) is 13.2 Å². The van der Waals surface area contributed by atoms with Crippen LogP contribution in [-0.2, 0) is 16.1 Å². The van der Waals surface area contributed by atoms with Gasteiger partial charge in [0.2, 0.25) is 5.91 Å². The number of hydrogen-bond donors (Lipinski definition) is 1. The number of ether oxygens (including phenoxy) is 1. The van der Waals surface area contributed by atoms with Gasteiger partial charge < -0.3 is 15.0 Å². The predicted octanol–water partition coefficient (Wildman–Crippen LogP) is 2.13. The summed E-state index contributed by atoms with van der Waals surface area (Å²) in [7, 11) is 0. The van der Waals surface area contributed by atoms with E-state index in [-0.39, 0.29) is 0 Å². The zero-order valence-electron chi connectivity index (χ0n) is 16.3. The molecule has 0 radical (unpaired) electrons. The summed E-state index contributed by atoms with van der Waals surface area (Å²) in [6.07, 6.45) is 4.14. The summed E-state index contributed by atoms with van der Waals surface area (Å²) in [5, 5.41) is 3.79. The van der Waals surface area contributed by atoms with Crippen molar-refractivity contribution in [3.8, 4) is 0 Å². The van der Waals surface area contributed by atoms with Crippen LogP contribution in [0.1, 0.15) is 31.2 Å². The highest BCUT2D eigenvalue weighted by atomic mass is 16.5. The van der Waals surface area contributed by atoms with E-state index in [0.717, 1.165) is 50.9 Å². The average Bonchev–Trinajstić information content (AvgIpc) is 2.71. The molecule has 1 aromatic rings. The molecule has 1 unspecified atom stereocenters. The fourth-order valence-corrected chi connectivity index (χ4v) is 5.03. The smallest absolute Gasteiger partial charge is 0.222 e. The number of piperidine rings is 2. The van der Waals surface area contributed by atoms with Crippen LogP contribution in [0.5, 0.6) is 0 Å². The summed E-state index contributed by atoms with van der Waals surface area (Å²) < 4.78 is 5.34. The van der Waals surface area contributed by atoms with Crippen LogP contribution < -0.4 is 5.32 Å². The second-order valence-electron chi connectivity index (χ2n) is 8.44. The first kappa shape index (κ1) is 18.9. The van der Waals surface area contributed by atoms with Crippen molar-refractivity contribution in [1.82, 2.24) is 15.1 Å². The molecule has 4 rings (SSSR count). The molecule has 3 aliphatic heterocycles. The maximum Gasteiger partial charge on any atom is 0.222 e. The van der Waals surface area contributed by atoms with E-state index >= 15 is 0 Å². The number of morpholine rings is 1. The molecule has 3 aliphatic rings. The average molecular weight is 372 g/mol. The van der Waals surface area contributed by atoms with E-state index in [4.69, 9.17) is 4.74 Å². The molecule has 0 aliphatic carbocycles. The molecule has 3 saturated heterocycles. The Kier molecular flexibility index (Phi) is 6.43. The number of likely N-dealkylation sites (tertiary alicyclic amines) is 1. The Balaban J connectivity index is 1.24. The van der Waals surface area contributed by atoms with Gasteiger partial charge in [-0.15, -0.1) is 0 Å². The number of carbonyl (C=O) groups is 1. The van der Waals surface area contributed by atoms with Gasteiger partial charge in [-0.1, -0.05) is 30.3 Å². The van der Waals surface area contributed by atoms with Crippen molar-refractivity contribution in [2.75, 3.05) is 45.9 Å². The Hall–Kier alpha value is -1.43. The number of nitrogens with zero attached hydrogens (tertiary/aromatic N) is 2. The standard InChI is InChI=1S/C22H33N3O2/c26-22(25-9-11-27-12-10-25)8-4-7-21-20-13-19(14-23-21)16-24(17-20)15-18-5-2-1-3-6-18/h1-3,5-6,19-21,23H,4,7-17H2/t19-,20?,21+/m0/s1. The Labute approximate surface area is 163 Å². The van der Waals surface area contributed by atoms with E-state index in [9.17, 15) is 4.79 Å². The maximum atomic E-state index is 12.4. The number of fused-ring (bicyclic) bond motifs is 2. The molecule has 5 nitrogen and oxygen atoms in total. The van der Waals surface area contributed by atoms with Gasteiger partial charge in [-0.05, 0) is 43.2 Å². The molecule has 1 N–H and O–H groups in total. The van der Waals surface area contributed by atoms with Crippen molar-refractivity contribution < 1.29 is 9.53 Å². The molecule has 27 heavy (non-hydrogen) atoms. The molecule has 3 atom stereocenters. The second kappa shape index (κ2) is 9.18. The van der Waals surface area contributed by atoms with Crippen LogP contribution in [-0.4, -0.2) is 67.7 Å². The lowest BCUT2D eigenvalue weighted by molar-refractivity contribution is -0.135. The van der Waals surface area contributed by atoms with Crippen molar-refractivity contribution in [3.63, 3.8) is 0 Å². The summed E-state index contributed by atoms with van der Waals surface area (Å²) in [6, 6.07) is 11.4. The fourth-order valence-electron chi connectivity index (χ4n) is 5.03. The number of carbonyl (C=O) groups excluding carboxylic acids is 1. The number of amides is 1. The Morgan fingerprint density at radius 1 is 1.15 bits per heavy atom. The molecular formula is C22H33N3O2. The zero-order valence-corrected chi connectivity index (χ0v) is 16.3. The third-order valence-electron chi connectivity index (χ3n) is 6.40. The third-order valence-corrected chi connectivity index (χ3v) is 6.40. The Morgan fingerprint density at radius 3 is 2.78 bits per heavy atom. The summed E-state index contributed by atoms with van der Waals surface area (Å²) in [6.45, 7) is 7.49. The summed E-state index contributed by atoms with van der Waals surface area (Å²) in [4.78, 5) is 17.0. The van der Waals surface area contributed by atoms with E-state index in [1.807, 2.05) is 4.90 Å². The molecule has 0 saturated carbocycles. The fraction of sp³-hybridized carbons (Fsp3) is 0.682. The summed E-state index contributed by atoms with van der Waals surface area (Å²) >= 11 is 0. The van der Waals surface area contributed by atoms with Gasteiger partial charge in [-0.25, -0.2) is 0 Å². The van der Waals surface area contributed by atoms with E-state index < -0.39 is 0 Å². The van der Waals surface area contributed by atoms with Crippen LogP contribution in [0.3, 0.4) is 0 Å². The van der Waals surface area contributed by atoms with Crippen molar-refractivity contribution in [2.24, 2.45) is 11.8 Å². The van der Waals surface area contributed by atoms with Gasteiger partial charge in [-0.2, -0.15) is 0 Å². The van der Waals surface area contributed by atoms with E-state index in [2.05, 4.69) is 40.5 Å². The number of hydrogen-bond acceptors (Lipinski definition) is 4. The highest BCUT2D eigenvalue weighted by Gasteiger charge is 2.36. The monoisotopic (exact) mass is 371 g/mol. The van der Waals surface area contributed by atoms with Gasteiger partial charge in [0.1, 0.15) is 0 Å². The molecule has 3 fully saturated rings. The quantitative estimate of drug-likeness (QED) is 0.832. The first-order valence-corrected chi connectivity index (χ1v) is 10.6. The van der Waals surface area contributed by atoms with Gasteiger partial charge >= 0.3 is 0 Å². The van der Waals surface area contributed by atoms with Crippen LogP contribution >= 0.6 is 0 Å². The lowest BCUT2D eigenvalue weighted by atomic mass is 9.79. The molecular weight excluding hydrogens is 338 g/mol. The van der Waals surface area contributed by atoms with Crippen LogP contribution in [0.2, 0.25) is 0 Å². The molecule has 1 amide bonds. The molecule has 3 heterocycles. The van der Waals surface area contributed by atoms with Crippen molar-refractivity contribution in [3.05, 3.63) is 35.9 Å². The summed E-state index contributed by atoms with van der Waals surface area (Å²) in [5.41, 5.74) is 1.41. The number of nitrogens with one attached hydrogen (secondary N) is 1. The van der Waals surface area contributed by atoms with E-state index in [1.54, 1.807) is 0 Å². The minimum atomic E-state index is 0.307. The van der Waals surface area contributed by atoms with Gasteiger partial charge in [-0.3, -0.25) is 9.69 Å². The lowest BCUT2D eigenvalue weighted by Gasteiger charge is -2.46. The molecule has 1 aromatic carbocycles. The predicted molar refractivity (Wildman–Crippen MR) is 106 cm³/mol. The Morgan fingerprint density at radius 2 is 1.96 bits per heavy atom. The molecule has 0 spiro atoms. The molecule has 5 heteroatoms. The van der Waals surface area contributed by atoms with Crippen LogP contribution in [0.4, 0.5) is 0 Å². The van der Waals surface area contributed by atoms with E-state index in [1.165, 1.54) is 25.1 Å². The van der Waals surface area contributed by atoms with Gasteiger partial charge in [0.25, 0.3) is 0 Å². The highest BCUT2D eigenvalue weighted by Crippen LogP contribution is 2.31. The first-order valence-electron chi connectivity index (χ1n) is 10.6. The second-order valence-corrected chi connectivity index (χ2v) is 8.44. The van der Waals surface area contributed by atoms with Gasteiger partial charge in [0, 0.05) is 45.2 Å². The first-order chi connectivity index (χ1) is 13.3. The van der Waals surface area contributed by atoms with Gasteiger partial charge in [0.15, 0.2) is 0 Å². The number of rotatable bonds is 6. The lowest BCUT2D eigenvalue weighted by Crippen LogP contribution is -2.55. The normalized spacial score (nSPS) is 28.9. The SMILES string of the molecule is O=C(CCC[C@H]1NC[C@@H]2CC1CN(Cc1ccccc1)C2)N1CCOCC1. The minimum absolute atomic E-state index is 0.307. The van der Waals surface area contributed by atoms with Crippen LogP contribution in [0.25, 0.3) is 0 Å². The summed E-state index contributed by atoms with van der Waals surface area (Å²) in [5.74, 6) is 1.81. The van der Waals surface area contributed by atoms with Crippen molar-refractivity contribution in [2.45, 2.75) is 38.3 Å².